The van der Waals surface area contributed by atoms with Gasteiger partial charge in [-0.15, -0.1) is 0 Å². The number of anilines is 1. The van der Waals surface area contributed by atoms with E-state index < -0.39 is 0 Å². The Hall–Kier alpha value is -1.35. The summed E-state index contributed by atoms with van der Waals surface area (Å²) in [6.45, 7) is 4.05. The molecule has 21 heavy (non-hydrogen) atoms. The Labute approximate surface area is 128 Å². The van der Waals surface area contributed by atoms with Crippen molar-refractivity contribution < 1.29 is 4.79 Å². The molecule has 1 aliphatic rings. The molecule has 0 aromatic heterocycles. The quantitative estimate of drug-likeness (QED) is 0.707. The van der Waals surface area contributed by atoms with Gasteiger partial charge in [-0.3, -0.25) is 4.79 Å². The number of hydrogen-bond acceptors (Lipinski definition) is 2. The summed E-state index contributed by atoms with van der Waals surface area (Å²) in [6.07, 6.45) is 8.15. The highest BCUT2D eigenvalue weighted by Gasteiger charge is 2.16. The molecule has 2 N–H and O–H groups in total. The van der Waals surface area contributed by atoms with E-state index in [0.29, 0.717) is 6.42 Å². The number of hydrogen-bond donors (Lipinski definition) is 2. The second-order valence-electron chi connectivity index (χ2n) is 6.11. The van der Waals surface area contributed by atoms with Crippen LogP contribution in [0.5, 0.6) is 0 Å². The van der Waals surface area contributed by atoms with Crippen molar-refractivity contribution in [2.75, 3.05) is 11.9 Å². The molecule has 1 saturated carbocycles. The maximum atomic E-state index is 12.0. The standard InChI is InChI=1S/C18H28N2O/c1-2-12-19-14-16-8-5-9-17(13-16)20-18(21)11-10-15-6-3-4-7-15/h5,8-9,13,15,19H,2-4,6-7,10-12,14H2,1H3,(H,20,21). The van der Waals surface area contributed by atoms with Gasteiger partial charge in [-0.25, -0.2) is 0 Å². The van der Waals surface area contributed by atoms with Crippen LogP contribution in [0.15, 0.2) is 24.3 Å². The first-order valence-electron chi connectivity index (χ1n) is 8.37. The van der Waals surface area contributed by atoms with Crippen LogP contribution in [0.1, 0.15) is 57.4 Å². The average Bonchev–Trinajstić information content (AvgIpc) is 2.99. The van der Waals surface area contributed by atoms with Gasteiger partial charge in [0.25, 0.3) is 0 Å². The van der Waals surface area contributed by atoms with E-state index in [-0.39, 0.29) is 5.91 Å². The lowest BCUT2D eigenvalue weighted by Crippen LogP contribution is -2.15. The van der Waals surface area contributed by atoms with E-state index in [1.165, 1.54) is 31.2 Å². The Bertz CT molecular complexity index is 439. The van der Waals surface area contributed by atoms with E-state index in [2.05, 4.69) is 29.7 Å². The molecule has 0 spiro atoms. The van der Waals surface area contributed by atoms with Crippen molar-refractivity contribution in [3.05, 3.63) is 29.8 Å². The zero-order valence-electron chi connectivity index (χ0n) is 13.2. The topological polar surface area (TPSA) is 41.1 Å². The molecule has 3 heteroatoms. The van der Waals surface area contributed by atoms with E-state index in [1.54, 1.807) is 0 Å². The van der Waals surface area contributed by atoms with Crippen LogP contribution in [-0.4, -0.2) is 12.5 Å². The molecule has 0 heterocycles. The van der Waals surface area contributed by atoms with E-state index in [0.717, 1.165) is 37.5 Å². The van der Waals surface area contributed by atoms with E-state index >= 15 is 0 Å². The summed E-state index contributed by atoms with van der Waals surface area (Å²) >= 11 is 0. The molecule has 0 radical (unpaired) electrons. The summed E-state index contributed by atoms with van der Waals surface area (Å²) in [6, 6.07) is 8.14. The summed E-state index contributed by atoms with van der Waals surface area (Å²) in [5, 5.41) is 6.41. The Morgan fingerprint density at radius 2 is 2.10 bits per heavy atom. The van der Waals surface area contributed by atoms with Crippen LogP contribution >= 0.6 is 0 Å². The number of carbonyl (C=O) groups is 1. The van der Waals surface area contributed by atoms with Crippen LogP contribution < -0.4 is 10.6 Å². The summed E-state index contributed by atoms with van der Waals surface area (Å²) in [7, 11) is 0. The highest BCUT2D eigenvalue weighted by molar-refractivity contribution is 5.90. The normalized spacial score (nSPS) is 15.3. The fourth-order valence-corrected chi connectivity index (χ4v) is 3.03. The molecule has 0 bridgehead atoms. The molecule has 0 aliphatic heterocycles. The van der Waals surface area contributed by atoms with Crippen molar-refractivity contribution in [3.63, 3.8) is 0 Å². The monoisotopic (exact) mass is 288 g/mol. The SMILES string of the molecule is CCCNCc1cccc(NC(=O)CCC2CCCC2)c1. The molecular formula is C18H28N2O. The van der Waals surface area contributed by atoms with Crippen molar-refractivity contribution in [3.8, 4) is 0 Å². The molecule has 1 amide bonds. The molecule has 1 fully saturated rings. The fourth-order valence-electron chi connectivity index (χ4n) is 3.03. The van der Waals surface area contributed by atoms with Gasteiger partial charge < -0.3 is 10.6 Å². The molecule has 1 aromatic carbocycles. The van der Waals surface area contributed by atoms with Gasteiger partial charge in [-0.05, 0) is 43.0 Å². The minimum absolute atomic E-state index is 0.153. The Balaban J connectivity index is 1.75. The van der Waals surface area contributed by atoms with Gasteiger partial charge in [0.15, 0.2) is 0 Å². The first kappa shape index (κ1) is 16.0. The Morgan fingerprint density at radius 3 is 2.86 bits per heavy atom. The van der Waals surface area contributed by atoms with Gasteiger partial charge in [0.05, 0.1) is 0 Å². The molecular weight excluding hydrogens is 260 g/mol. The van der Waals surface area contributed by atoms with Crippen molar-refractivity contribution in [2.45, 2.75) is 58.4 Å². The molecule has 0 saturated heterocycles. The summed E-state index contributed by atoms with van der Waals surface area (Å²) < 4.78 is 0. The van der Waals surface area contributed by atoms with Crippen LogP contribution in [0.4, 0.5) is 5.69 Å². The summed E-state index contributed by atoms with van der Waals surface area (Å²) in [4.78, 5) is 12.0. The van der Waals surface area contributed by atoms with Gasteiger partial charge in [0, 0.05) is 18.7 Å². The van der Waals surface area contributed by atoms with Crippen LogP contribution in [0.25, 0.3) is 0 Å². The lowest BCUT2D eigenvalue weighted by Gasteiger charge is -2.10. The first-order valence-corrected chi connectivity index (χ1v) is 8.37. The van der Waals surface area contributed by atoms with Crippen LogP contribution in [0, 0.1) is 5.92 Å². The minimum atomic E-state index is 0.153. The van der Waals surface area contributed by atoms with E-state index in [1.807, 2.05) is 12.1 Å². The lowest BCUT2D eigenvalue weighted by atomic mass is 10.0. The van der Waals surface area contributed by atoms with E-state index in [9.17, 15) is 4.79 Å². The Kier molecular flexibility index (Phi) is 6.74. The zero-order valence-corrected chi connectivity index (χ0v) is 13.2. The molecule has 0 unspecified atom stereocenters. The second-order valence-corrected chi connectivity index (χ2v) is 6.11. The third-order valence-corrected chi connectivity index (χ3v) is 4.22. The number of carbonyl (C=O) groups excluding carboxylic acids is 1. The van der Waals surface area contributed by atoms with Crippen molar-refractivity contribution in [1.29, 1.82) is 0 Å². The molecule has 3 nitrogen and oxygen atoms in total. The number of benzene rings is 1. The second kappa shape index (κ2) is 8.83. The van der Waals surface area contributed by atoms with Crippen molar-refractivity contribution in [1.82, 2.24) is 5.32 Å². The molecule has 1 aliphatic carbocycles. The maximum Gasteiger partial charge on any atom is 0.224 e. The lowest BCUT2D eigenvalue weighted by molar-refractivity contribution is -0.116. The molecule has 1 aromatic rings. The maximum absolute atomic E-state index is 12.0. The van der Waals surface area contributed by atoms with Crippen molar-refractivity contribution >= 4 is 11.6 Å². The van der Waals surface area contributed by atoms with E-state index in [4.69, 9.17) is 0 Å². The molecule has 116 valence electrons. The predicted octanol–water partition coefficient (Wildman–Crippen LogP) is 4.10. The number of amides is 1. The molecule has 2 rings (SSSR count). The minimum Gasteiger partial charge on any atom is -0.326 e. The first-order chi connectivity index (χ1) is 10.3. The van der Waals surface area contributed by atoms with Gasteiger partial charge >= 0.3 is 0 Å². The van der Waals surface area contributed by atoms with Crippen LogP contribution in [0.3, 0.4) is 0 Å². The largest absolute Gasteiger partial charge is 0.326 e. The third kappa shape index (κ3) is 5.88. The predicted molar refractivity (Wildman–Crippen MR) is 88.3 cm³/mol. The van der Waals surface area contributed by atoms with Crippen LogP contribution in [0.2, 0.25) is 0 Å². The highest BCUT2D eigenvalue weighted by atomic mass is 16.1. The Morgan fingerprint density at radius 1 is 1.29 bits per heavy atom. The fraction of sp³-hybridized carbons (Fsp3) is 0.611. The average molecular weight is 288 g/mol. The van der Waals surface area contributed by atoms with Gasteiger partial charge in [-0.1, -0.05) is 44.7 Å². The molecule has 0 atom stereocenters. The van der Waals surface area contributed by atoms with Gasteiger partial charge in [0.1, 0.15) is 0 Å². The zero-order chi connectivity index (χ0) is 14.9. The number of rotatable bonds is 8. The highest BCUT2D eigenvalue weighted by Crippen LogP contribution is 2.28. The summed E-state index contributed by atoms with van der Waals surface area (Å²) in [5.41, 5.74) is 2.14. The third-order valence-electron chi connectivity index (χ3n) is 4.22. The summed E-state index contributed by atoms with van der Waals surface area (Å²) in [5.74, 6) is 0.931. The van der Waals surface area contributed by atoms with Crippen LogP contribution in [-0.2, 0) is 11.3 Å². The number of nitrogens with one attached hydrogen (secondary N) is 2. The smallest absolute Gasteiger partial charge is 0.224 e. The van der Waals surface area contributed by atoms with Crippen molar-refractivity contribution in [2.24, 2.45) is 5.92 Å². The van der Waals surface area contributed by atoms with Gasteiger partial charge in [-0.2, -0.15) is 0 Å². The van der Waals surface area contributed by atoms with Gasteiger partial charge in [0.2, 0.25) is 5.91 Å².